The molecule has 6 heteroatoms. The first-order valence-corrected chi connectivity index (χ1v) is 10.9. The van der Waals surface area contributed by atoms with Crippen molar-refractivity contribution >= 4 is 35.0 Å². The van der Waals surface area contributed by atoms with E-state index < -0.39 is 6.04 Å². The monoisotopic (exact) mass is 422 g/mol. The summed E-state index contributed by atoms with van der Waals surface area (Å²) in [6.45, 7) is 0. The zero-order valence-electron chi connectivity index (χ0n) is 16.5. The average molecular weight is 423 g/mol. The van der Waals surface area contributed by atoms with Crippen LogP contribution in [0.5, 0.6) is 0 Å². The van der Waals surface area contributed by atoms with Crippen LogP contribution in [0, 0.1) is 23.7 Å². The highest BCUT2D eigenvalue weighted by Gasteiger charge is 2.62. The number of benzene rings is 2. The van der Waals surface area contributed by atoms with E-state index in [1.54, 1.807) is 24.3 Å². The lowest BCUT2D eigenvalue weighted by molar-refractivity contribution is -0.147. The van der Waals surface area contributed by atoms with Gasteiger partial charge < -0.3 is 5.32 Å². The minimum atomic E-state index is -0.895. The molecule has 3 amide bonds. The minimum absolute atomic E-state index is 0.174. The van der Waals surface area contributed by atoms with Crippen molar-refractivity contribution in [2.24, 2.45) is 23.7 Å². The Balaban J connectivity index is 1.47. The van der Waals surface area contributed by atoms with Crippen LogP contribution in [-0.4, -0.2) is 28.7 Å². The number of hydrogen-bond acceptors (Lipinski definition) is 3. The number of imide groups is 1. The standard InChI is InChI=1S/C24H23ClN2O3/c25-17-8-4-5-9-18(17)26-22(28)19(12-14-6-2-1-3-7-14)27-23(29)20-15-10-11-16(13-15)21(20)24(27)30/h1-9,15-16,19-21H,10-13H2,(H,26,28). The van der Waals surface area contributed by atoms with Gasteiger partial charge in [-0.05, 0) is 48.8 Å². The highest BCUT2D eigenvalue weighted by Crippen LogP contribution is 2.56. The Hall–Kier alpha value is -2.66. The van der Waals surface area contributed by atoms with Crippen LogP contribution < -0.4 is 5.32 Å². The summed E-state index contributed by atoms with van der Waals surface area (Å²) >= 11 is 6.21. The maximum atomic E-state index is 13.3. The number of carbonyl (C=O) groups excluding carboxylic acids is 3. The molecule has 154 valence electrons. The fourth-order valence-corrected chi connectivity index (χ4v) is 5.84. The van der Waals surface area contributed by atoms with Gasteiger partial charge in [-0.15, -0.1) is 0 Å². The van der Waals surface area contributed by atoms with Crippen LogP contribution in [-0.2, 0) is 20.8 Å². The molecular weight excluding hydrogens is 400 g/mol. The van der Waals surface area contributed by atoms with E-state index in [4.69, 9.17) is 11.6 Å². The molecule has 5 rings (SSSR count). The van der Waals surface area contributed by atoms with Gasteiger partial charge in [0, 0.05) is 6.42 Å². The van der Waals surface area contributed by atoms with Crippen molar-refractivity contribution in [2.45, 2.75) is 31.7 Å². The summed E-state index contributed by atoms with van der Waals surface area (Å²) in [7, 11) is 0. The van der Waals surface area contributed by atoms with E-state index in [1.165, 1.54) is 4.90 Å². The number of likely N-dealkylation sites (tertiary alicyclic amines) is 1. The van der Waals surface area contributed by atoms with Crippen LogP contribution in [0.4, 0.5) is 5.69 Å². The Labute approximate surface area is 180 Å². The molecule has 5 unspecified atom stereocenters. The van der Waals surface area contributed by atoms with Crippen molar-refractivity contribution in [1.29, 1.82) is 0 Å². The third-order valence-electron chi connectivity index (χ3n) is 6.98. The third kappa shape index (κ3) is 3.12. The number of carbonyl (C=O) groups is 3. The molecule has 1 N–H and O–H groups in total. The van der Waals surface area contributed by atoms with Crippen molar-refractivity contribution in [3.8, 4) is 0 Å². The Morgan fingerprint density at radius 3 is 2.20 bits per heavy atom. The van der Waals surface area contributed by atoms with Gasteiger partial charge in [-0.1, -0.05) is 54.1 Å². The fraction of sp³-hybridized carbons (Fsp3) is 0.375. The summed E-state index contributed by atoms with van der Waals surface area (Å²) in [5, 5.41) is 3.25. The molecule has 2 aliphatic carbocycles. The molecule has 1 saturated heterocycles. The number of para-hydroxylation sites is 1. The summed E-state index contributed by atoms with van der Waals surface area (Å²) in [5.41, 5.74) is 1.37. The predicted octanol–water partition coefficient (Wildman–Crippen LogP) is 3.92. The second-order valence-corrected chi connectivity index (χ2v) is 9.01. The van der Waals surface area contributed by atoms with Gasteiger partial charge in [0.25, 0.3) is 0 Å². The van der Waals surface area contributed by atoms with Crippen LogP contribution in [0.25, 0.3) is 0 Å². The van der Waals surface area contributed by atoms with E-state index in [0.717, 1.165) is 24.8 Å². The normalized spacial score (nSPS) is 28.0. The molecule has 2 bridgehead atoms. The molecule has 2 aromatic carbocycles. The third-order valence-corrected chi connectivity index (χ3v) is 7.31. The smallest absolute Gasteiger partial charge is 0.248 e. The molecule has 5 nitrogen and oxygen atoms in total. The maximum Gasteiger partial charge on any atom is 0.248 e. The summed E-state index contributed by atoms with van der Waals surface area (Å²) in [4.78, 5) is 41.3. The lowest BCUT2D eigenvalue weighted by Crippen LogP contribution is -2.49. The van der Waals surface area contributed by atoms with Crippen LogP contribution >= 0.6 is 11.6 Å². The van der Waals surface area contributed by atoms with Crippen molar-refractivity contribution in [3.05, 3.63) is 65.2 Å². The molecule has 30 heavy (non-hydrogen) atoms. The van der Waals surface area contributed by atoms with Gasteiger partial charge in [0.1, 0.15) is 6.04 Å². The predicted molar refractivity (Wildman–Crippen MR) is 114 cm³/mol. The van der Waals surface area contributed by atoms with Gasteiger partial charge in [0.15, 0.2) is 0 Å². The van der Waals surface area contributed by atoms with Crippen LogP contribution in [0.15, 0.2) is 54.6 Å². The summed E-state index contributed by atoms with van der Waals surface area (Å²) in [6, 6.07) is 15.6. The molecule has 2 aromatic rings. The van der Waals surface area contributed by atoms with Crippen molar-refractivity contribution < 1.29 is 14.4 Å². The number of halogens is 1. The summed E-state index contributed by atoms with van der Waals surface area (Å²) in [6.07, 6.45) is 3.26. The van der Waals surface area contributed by atoms with Gasteiger partial charge in [0.05, 0.1) is 22.5 Å². The first kappa shape index (κ1) is 19.3. The SMILES string of the molecule is O=C(Nc1ccccc1Cl)C(Cc1ccccc1)N1C(=O)C2C3CCC(C3)C2C1=O. The quantitative estimate of drug-likeness (QED) is 0.742. The van der Waals surface area contributed by atoms with E-state index in [2.05, 4.69) is 5.32 Å². The van der Waals surface area contributed by atoms with Crippen molar-refractivity contribution in [1.82, 2.24) is 4.90 Å². The molecule has 0 aromatic heterocycles. The number of amides is 3. The largest absolute Gasteiger partial charge is 0.323 e. The van der Waals surface area contributed by atoms with E-state index in [-0.39, 0.29) is 47.8 Å². The van der Waals surface area contributed by atoms with Crippen molar-refractivity contribution in [2.75, 3.05) is 5.32 Å². The maximum absolute atomic E-state index is 13.3. The Kier molecular flexibility index (Phi) is 4.86. The zero-order chi connectivity index (χ0) is 20.8. The van der Waals surface area contributed by atoms with E-state index in [9.17, 15) is 14.4 Å². The molecule has 5 atom stereocenters. The average Bonchev–Trinajstić information content (AvgIpc) is 3.43. The lowest BCUT2D eigenvalue weighted by atomic mass is 9.81. The highest BCUT2D eigenvalue weighted by atomic mass is 35.5. The second kappa shape index (κ2) is 7.55. The van der Waals surface area contributed by atoms with E-state index in [0.29, 0.717) is 10.7 Å². The van der Waals surface area contributed by atoms with Gasteiger partial charge in [-0.2, -0.15) is 0 Å². The lowest BCUT2D eigenvalue weighted by Gasteiger charge is -2.27. The zero-order valence-corrected chi connectivity index (χ0v) is 17.2. The minimum Gasteiger partial charge on any atom is -0.323 e. The molecule has 3 aliphatic rings. The second-order valence-electron chi connectivity index (χ2n) is 8.61. The van der Waals surface area contributed by atoms with Crippen molar-refractivity contribution in [3.63, 3.8) is 0 Å². The number of nitrogens with one attached hydrogen (secondary N) is 1. The Morgan fingerprint density at radius 1 is 0.967 bits per heavy atom. The van der Waals surface area contributed by atoms with E-state index >= 15 is 0 Å². The highest BCUT2D eigenvalue weighted by molar-refractivity contribution is 6.33. The molecule has 0 spiro atoms. The molecule has 2 saturated carbocycles. The first-order valence-electron chi connectivity index (χ1n) is 10.5. The molecule has 0 radical (unpaired) electrons. The number of fused-ring (bicyclic) bond motifs is 5. The summed E-state index contributed by atoms with van der Waals surface area (Å²) < 4.78 is 0. The van der Waals surface area contributed by atoms with Crippen LogP contribution in [0.1, 0.15) is 24.8 Å². The number of rotatable bonds is 5. The Bertz CT molecular complexity index is 981. The molecule has 3 fully saturated rings. The molecule has 1 heterocycles. The number of anilines is 1. The van der Waals surface area contributed by atoms with Gasteiger partial charge >= 0.3 is 0 Å². The number of hydrogen-bond donors (Lipinski definition) is 1. The molecular formula is C24H23ClN2O3. The van der Waals surface area contributed by atoms with Crippen LogP contribution in [0.2, 0.25) is 5.02 Å². The topological polar surface area (TPSA) is 66.5 Å². The van der Waals surface area contributed by atoms with Gasteiger partial charge in [-0.3, -0.25) is 19.3 Å². The van der Waals surface area contributed by atoms with Crippen LogP contribution in [0.3, 0.4) is 0 Å². The fourth-order valence-electron chi connectivity index (χ4n) is 5.66. The van der Waals surface area contributed by atoms with E-state index in [1.807, 2.05) is 30.3 Å². The Morgan fingerprint density at radius 2 is 1.57 bits per heavy atom. The van der Waals surface area contributed by atoms with Gasteiger partial charge in [-0.25, -0.2) is 0 Å². The number of nitrogens with zero attached hydrogens (tertiary/aromatic N) is 1. The summed E-state index contributed by atoms with van der Waals surface area (Å²) in [5.74, 6) is -0.665. The molecule has 1 aliphatic heterocycles. The first-order chi connectivity index (χ1) is 14.5. The van der Waals surface area contributed by atoms with Gasteiger partial charge in [0.2, 0.25) is 17.7 Å².